The Morgan fingerprint density at radius 2 is 0.844 bits per heavy atom. The van der Waals surface area contributed by atoms with Crippen molar-refractivity contribution in [3.8, 4) is 44.5 Å². The largest absolute Gasteiger partial charge is 0.454 e. The molecule has 0 radical (unpaired) electrons. The van der Waals surface area contributed by atoms with Gasteiger partial charge in [-0.05, 0) is 144 Å². The van der Waals surface area contributed by atoms with Crippen molar-refractivity contribution >= 4 is 112 Å². The Morgan fingerprint density at radius 1 is 0.344 bits per heavy atom. The van der Waals surface area contributed by atoms with Gasteiger partial charge in [-0.25, -0.2) is 0 Å². The van der Waals surface area contributed by atoms with Crippen molar-refractivity contribution in [1.29, 1.82) is 0 Å². The van der Waals surface area contributed by atoms with Crippen LogP contribution in [0.15, 0.2) is 313 Å². The normalized spacial score (nSPS) is 12.8. The van der Waals surface area contributed by atoms with Crippen molar-refractivity contribution in [2.24, 2.45) is 0 Å². The third kappa shape index (κ3) is 7.30. The predicted octanol–water partition coefficient (Wildman–Crippen LogP) is 24.1. The number of rotatable bonds is 10. The molecule has 2 aliphatic rings. The molecule has 2 aliphatic carbocycles. The molecule has 0 saturated heterocycles. The maximum atomic E-state index is 7.07. The number of nitrogens with zero attached hydrogens (tertiary/aromatic N) is 2. The van der Waals surface area contributed by atoms with Crippen LogP contribution in [0.1, 0.15) is 40.5 Å². The van der Waals surface area contributed by atoms with Crippen LogP contribution in [0.3, 0.4) is 0 Å². The van der Waals surface area contributed by atoms with E-state index < -0.39 is 5.41 Å². The Labute approximate surface area is 521 Å². The molecule has 4 nitrogen and oxygen atoms in total. The summed E-state index contributed by atoms with van der Waals surface area (Å²) < 4.78 is 14.0. The van der Waals surface area contributed by atoms with Crippen LogP contribution in [-0.2, 0) is 5.41 Å². The van der Waals surface area contributed by atoms with Gasteiger partial charge in [-0.3, -0.25) is 0 Å². The number of benzene rings is 14. The summed E-state index contributed by atoms with van der Waals surface area (Å²) in [5.74, 6) is 0.733. The van der Waals surface area contributed by atoms with Crippen LogP contribution in [0.4, 0.5) is 34.1 Å². The molecule has 0 bridgehead atoms. The Morgan fingerprint density at radius 3 is 1.50 bits per heavy atom. The maximum absolute atomic E-state index is 7.07. The number of anilines is 6. The molecule has 14 aromatic carbocycles. The predicted molar refractivity (Wildman–Crippen MR) is 377 cm³/mol. The summed E-state index contributed by atoms with van der Waals surface area (Å²) in [5.41, 5.74) is 23.2. The molecule has 0 amide bonds. The van der Waals surface area contributed by atoms with Crippen molar-refractivity contribution < 1.29 is 8.83 Å². The first-order valence-corrected chi connectivity index (χ1v) is 31.0. The van der Waals surface area contributed by atoms with Crippen molar-refractivity contribution in [3.05, 3.63) is 337 Å². The van der Waals surface area contributed by atoms with Crippen LogP contribution in [0.2, 0.25) is 0 Å². The highest BCUT2D eigenvalue weighted by molar-refractivity contribution is 6.25. The number of hydrogen-bond acceptors (Lipinski definition) is 4. The van der Waals surface area contributed by atoms with Crippen LogP contribution in [0.5, 0.6) is 0 Å². The summed E-state index contributed by atoms with van der Waals surface area (Å²) in [6, 6.07) is 107. The van der Waals surface area contributed by atoms with E-state index in [0.717, 1.165) is 111 Å². The number of hydrogen-bond donors (Lipinski definition) is 0. The Hall–Kier alpha value is -11.7. The van der Waals surface area contributed by atoms with Crippen LogP contribution in [0, 0.1) is 0 Å². The van der Waals surface area contributed by atoms with Crippen LogP contribution in [-0.4, -0.2) is 0 Å². The topological polar surface area (TPSA) is 32.8 Å². The van der Waals surface area contributed by atoms with E-state index in [4.69, 9.17) is 8.83 Å². The van der Waals surface area contributed by atoms with Gasteiger partial charge in [0.05, 0.1) is 33.9 Å². The summed E-state index contributed by atoms with van der Waals surface area (Å²) in [7, 11) is 0. The Bertz CT molecular complexity index is 5620. The van der Waals surface area contributed by atoms with Crippen LogP contribution in [0.25, 0.3) is 122 Å². The smallest absolute Gasteiger partial charge is 0.159 e. The van der Waals surface area contributed by atoms with Gasteiger partial charge in [0.15, 0.2) is 11.2 Å². The molecule has 0 aliphatic heterocycles. The van der Waals surface area contributed by atoms with Gasteiger partial charge in [0.2, 0.25) is 0 Å². The first-order chi connectivity index (χ1) is 44.6. The summed E-state index contributed by atoms with van der Waals surface area (Å²) in [6.07, 6.45) is 6.05. The Balaban J connectivity index is 0.975. The molecule has 90 heavy (non-hydrogen) atoms. The fourth-order valence-corrected chi connectivity index (χ4v) is 15.6. The highest BCUT2D eigenvalue weighted by Gasteiger charge is 2.54. The second-order valence-electron chi connectivity index (χ2n) is 23.7. The molecule has 0 saturated carbocycles. The van der Waals surface area contributed by atoms with E-state index in [2.05, 4.69) is 327 Å². The van der Waals surface area contributed by atoms with E-state index in [1.807, 2.05) is 6.08 Å². The van der Waals surface area contributed by atoms with Gasteiger partial charge in [0.1, 0.15) is 11.3 Å². The molecule has 2 heterocycles. The van der Waals surface area contributed by atoms with Gasteiger partial charge in [-0.2, -0.15) is 0 Å². The van der Waals surface area contributed by atoms with Crippen molar-refractivity contribution in [1.82, 2.24) is 0 Å². The lowest BCUT2D eigenvalue weighted by Crippen LogP contribution is -2.26. The minimum atomic E-state index is -0.795. The van der Waals surface area contributed by atoms with E-state index in [0.29, 0.717) is 0 Å². The summed E-state index contributed by atoms with van der Waals surface area (Å²) in [5, 5.41) is 10.2. The lowest BCUT2D eigenvalue weighted by Gasteiger charge is -2.34. The summed E-state index contributed by atoms with van der Waals surface area (Å²) >= 11 is 0. The second-order valence-corrected chi connectivity index (χ2v) is 23.7. The molecular formula is C86H56N2O2. The molecule has 422 valence electrons. The van der Waals surface area contributed by atoms with Gasteiger partial charge in [-0.1, -0.05) is 261 Å². The number of para-hydroxylation sites is 5. The highest BCUT2D eigenvalue weighted by atomic mass is 16.3. The van der Waals surface area contributed by atoms with E-state index in [1.165, 1.54) is 66.1 Å². The zero-order valence-electron chi connectivity index (χ0n) is 49.4. The molecule has 0 unspecified atom stereocenters. The fourth-order valence-electron chi connectivity index (χ4n) is 15.6. The fraction of sp³-hybridized carbons (Fsp3) is 0.0233. The lowest BCUT2D eigenvalue weighted by molar-refractivity contribution is 0.604. The van der Waals surface area contributed by atoms with Gasteiger partial charge < -0.3 is 18.6 Å². The molecular weight excluding hydrogens is 1090 g/mol. The van der Waals surface area contributed by atoms with E-state index >= 15 is 0 Å². The Kier molecular flexibility index (Phi) is 11.5. The van der Waals surface area contributed by atoms with E-state index in [1.54, 1.807) is 0 Å². The average molecular weight is 1150 g/mol. The van der Waals surface area contributed by atoms with Crippen molar-refractivity contribution in [2.45, 2.75) is 12.3 Å². The van der Waals surface area contributed by atoms with E-state index in [-0.39, 0.29) is 0 Å². The molecule has 0 atom stereocenters. The third-order valence-electron chi connectivity index (χ3n) is 19.1. The van der Waals surface area contributed by atoms with Crippen molar-refractivity contribution in [2.75, 3.05) is 9.80 Å². The number of furan rings is 2. The zero-order chi connectivity index (χ0) is 59.6. The zero-order valence-corrected chi connectivity index (χ0v) is 49.4. The summed E-state index contributed by atoms with van der Waals surface area (Å²) in [6.45, 7) is 6.31. The van der Waals surface area contributed by atoms with E-state index in [9.17, 15) is 0 Å². The SMILES string of the molecule is C=Cc1oc2c(N(c3ccccc3-c3ccccc3)c3cc4c(c5ccccc35)-c3c(c5ccc(N(c6ccccc6-c6ccccc6)c6cccc7c6oc6ccccc67)cc5c5ccccc35)C43c4ccccc4-c4ccccc43)cccc2c1/C=C\C. The molecule has 1 spiro atoms. The molecule has 0 fully saturated rings. The highest BCUT2D eigenvalue weighted by Crippen LogP contribution is 2.68. The van der Waals surface area contributed by atoms with Gasteiger partial charge >= 0.3 is 0 Å². The standard InChI is InChI=1S/C86H56N2O2/c1-3-27-63-68-41-26-48-77(85(68)89-79(63)4-2)88(75-46-23-18-33-58(75)55-30-9-6-10-31-55)78-53-73-81(66-40-14-12-37-62(66)78)82-65-39-13-11-34-59(65)70-52-56(50-51-67(70)83(82)86(73)71-43-20-15-35-60(71)61-36-16-21-44-72(61)86)87(74-45-22-17-32-57(74)54-28-7-5-8-29-54)76-47-25-42-69-64-38-19-24-49-80(64)90-84(69)76/h3-53H,2H2,1H3/b27-3-. The second kappa shape index (κ2) is 20.2. The maximum Gasteiger partial charge on any atom is 0.159 e. The minimum Gasteiger partial charge on any atom is -0.454 e. The number of allylic oxidation sites excluding steroid dienone is 1. The average Bonchev–Trinajstić information content (AvgIpc) is 1.48. The summed E-state index contributed by atoms with van der Waals surface area (Å²) in [4.78, 5) is 4.92. The molecule has 4 heteroatoms. The molecule has 16 aromatic rings. The number of fused-ring (bicyclic) bond motifs is 21. The van der Waals surface area contributed by atoms with Gasteiger partial charge in [0, 0.05) is 43.9 Å². The van der Waals surface area contributed by atoms with Gasteiger partial charge in [-0.15, -0.1) is 0 Å². The molecule has 0 N–H and O–H groups in total. The lowest BCUT2D eigenvalue weighted by atomic mass is 9.69. The van der Waals surface area contributed by atoms with Crippen LogP contribution >= 0.6 is 0 Å². The first-order valence-electron chi connectivity index (χ1n) is 31.0. The molecule has 2 aromatic heterocycles. The monoisotopic (exact) mass is 1150 g/mol. The minimum absolute atomic E-state index is 0.733. The van der Waals surface area contributed by atoms with Crippen LogP contribution < -0.4 is 9.80 Å². The van der Waals surface area contributed by atoms with Gasteiger partial charge in [0.25, 0.3) is 0 Å². The van der Waals surface area contributed by atoms with Crippen molar-refractivity contribution in [3.63, 3.8) is 0 Å². The molecule has 18 rings (SSSR count). The first kappa shape index (κ1) is 51.5. The third-order valence-corrected chi connectivity index (χ3v) is 19.1. The quantitative estimate of drug-likeness (QED) is 0.128.